The molecule has 0 aromatic heterocycles. The van der Waals surface area contributed by atoms with E-state index in [1.807, 2.05) is 0 Å². The Morgan fingerprint density at radius 2 is 0.730 bits per heavy atom. The van der Waals surface area contributed by atoms with Crippen LogP contribution < -0.4 is 0 Å². The van der Waals surface area contributed by atoms with E-state index in [4.69, 9.17) is 0 Å². The van der Waals surface area contributed by atoms with Crippen LogP contribution in [0.15, 0.2) is 140 Å². The maximum absolute atomic E-state index is 2.31. The quantitative estimate of drug-likeness (QED) is 0.225. The van der Waals surface area contributed by atoms with Crippen LogP contribution in [0.4, 0.5) is 0 Å². The molecule has 0 aliphatic carbocycles. The molecule has 0 spiro atoms. The molecule has 0 heterocycles. The van der Waals surface area contributed by atoms with Gasteiger partial charge in [-0.15, -0.1) is 0 Å². The largest absolute Gasteiger partial charge is 0.0622 e. The maximum Gasteiger partial charge on any atom is -0.00201 e. The second-order valence-electron chi connectivity index (χ2n) is 9.73. The number of aryl methyl sites for hydroxylation is 1. The molecule has 7 aromatic carbocycles. The molecule has 174 valence electrons. The van der Waals surface area contributed by atoms with Gasteiger partial charge in [-0.25, -0.2) is 0 Å². The van der Waals surface area contributed by atoms with Crippen molar-refractivity contribution in [3.63, 3.8) is 0 Å². The summed E-state index contributed by atoms with van der Waals surface area (Å²) in [4.78, 5) is 0. The summed E-state index contributed by atoms with van der Waals surface area (Å²) in [5, 5.41) is 7.75. The SMILES string of the molecule is Cc1ccc(-c2c3ccccc3c(-c3ccccc3-c3ccccc3)c3ccccc23)c2ccccc12. The van der Waals surface area contributed by atoms with E-state index in [2.05, 4.69) is 146 Å². The van der Waals surface area contributed by atoms with Gasteiger partial charge in [0.25, 0.3) is 0 Å². The highest BCUT2D eigenvalue weighted by atomic mass is 14.2. The van der Waals surface area contributed by atoms with Gasteiger partial charge in [-0.3, -0.25) is 0 Å². The van der Waals surface area contributed by atoms with E-state index < -0.39 is 0 Å². The molecule has 7 rings (SSSR count). The number of hydrogen-bond donors (Lipinski definition) is 0. The van der Waals surface area contributed by atoms with Gasteiger partial charge >= 0.3 is 0 Å². The van der Waals surface area contributed by atoms with Crippen LogP contribution in [0.1, 0.15) is 5.56 Å². The minimum absolute atomic E-state index is 1.24. The molecule has 0 fully saturated rings. The average Bonchev–Trinajstić information content (AvgIpc) is 2.97. The fourth-order valence-corrected chi connectivity index (χ4v) is 5.95. The standard InChI is InChI=1S/C37H26/c1-25-23-24-35(29-17-7-5-15-27(25)29)37-33-21-11-9-19-31(33)36(32-20-10-12-22-34(32)37)30-18-8-6-16-28(30)26-13-3-2-4-14-26/h2-24H,1H3. The lowest BCUT2D eigenvalue weighted by atomic mass is 9.83. The summed E-state index contributed by atoms with van der Waals surface area (Å²) < 4.78 is 0. The summed E-state index contributed by atoms with van der Waals surface area (Å²) in [5.41, 5.74) is 8.96. The molecule has 0 radical (unpaired) electrons. The zero-order chi connectivity index (χ0) is 24.8. The van der Waals surface area contributed by atoms with Crippen molar-refractivity contribution in [1.82, 2.24) is 0 Å². The van der Waals surface area contributed by atoms with E-state index in [0.29, 0.717) is 0 Å². The summed E-state index contributed by atoms with van der Waals surface area (Å²) in [7, 11) is 0. The van der Waals surface area contributed by atoms with E-state index in [9.17, 15) is 0 Å². The Hall–Kier alpha value is -4.68. The van der Waals surface area contributed by atoms with E-state index in [-0.39, 0.29) is 0 Å². The van der Waals surface area contributed by atoms with Gasteiger partial charge in [-0.05, 0) is 78.2 Å². The molecule has 0 aliphatic heterocycles. The van der Waals surface area contributed by atoms with Crippen molar-refractivity contribution in [3.05, 3.63) is 145 Å². The molecule has 0 heteroatoms. The molecule has 0 amide bonds. The Kier molecular flexibility index (Phi) is 5.11. The molecule has 0 saturated heterocycles. The van der Waals surface area contributed by atoms with Gasteiger partial charge in [0.1, 0.15) is 0 Å². The Bertz CT molecular complexity index is 1870. The van der Waals surface area contributed by atoms with Gasteiger partial charge in [0.15, 0.2) is 0 Å². The number of fused-ring (bicyclic) bond motifs is 3. The Labute approximate surface area is 217 Å². The van der Waals surface area contributed by atoms with Gasteiger partial charge < -0.3 is 0 Å². The van der Waals surface area contributed by atoms with Crippen LogP contribution in [0.5, 0.6) is 0 Å². The van der Waals surface area contributed by atoms with Gasteiger partial charge in [0, 0.05) is 0 Å². The third-order valence-corrected chi connectivity index (χ3v) is 7.62. The van der Waals surface area contributed by atoms with E-state index in [1.54, 1.807) is 0 Å². The van der Waals surface area contributed by atoms with Crippen molar-refractivity contribution >= 4 is 32.3 Å². The normalized spacial score (nSPS) is 11.4. The van der Waals surface area contributed by atoms with Crippen LogP contribution in [0.2, 0.25) is 0 Å². The molecular weight excluding hydrogens is 444 g/mol. The predicted molar refractivity (Wildman–Crippen MR) is 160 cm³/mol. The minimum Gasteiger partial charge on any atom is -0.0622 e. The van der Waals surface area contributed by atoms with Crippen molar-refractivity contribution in [2.45, 2.75) is 6.92 Å². The summed E-state index contributed by atoms with van der Waals surface area (Å²) >= 11 is 0. The van der Waals surface area contributed by atoms with Crippen molar-refractivity contribution in [2.75, 3.05) is 0 Å². The van der Waals surface area contributed by atoms with Gasteiger partial charge in [-0.1, -0.05) is 140 Å². The first-order valence-corrected chi connectivity index (χ1v) is 12.9. The van der Waals surface area contributed by atoms with Crippen LogP contribution in [0.25, 0.3) is 65.7 Å². The minimum atomic E-state index is 1.24. The average molecular weight is 471 g/mol. The molecule has 7 aromatic rings. The third-order valence-electron chi connectivity index (χ3n) is 7.62. The number of hydrogen-bond acceptors (Lipinski definition) is 0. The molecule has 0 saturated carbocycles. The molecular formula is C37H26. The smallest absolute Gasteiger partial charge is 0.00201 e. The molecule has 0 unspecified atom stereocenters. The monoisotopic (exact) mass is 470 g/mol. The lowest BCUT2D eigenvalue weighted by Gasteiger charge is -2.20. The summed E-state index contributed by atoms with van der Waals surface area (Å²) in [6.07, 6.45) is 0. The number of benzene rings is 7. The van der Waals surface area contributed by atoms with Crippen LogP contribution in [0, 0.1) is 6.92 Å². The Morgan fingerprint density at radius 3 is 1.32 bits per heavy atom. The first kappa shape index (κ1) is 21.6. The highest BCUT2D eigenvalue weighted by molar-refractivity contribution is 6.24. The van der Waals surface area contributed by atoms with Crippen molar-refractivity contribution < 1.29 is 0 Å². The van der Waals surface area contributed by atoms with E-state index in [0.717, 1.165) is 0 Å². The lowest BCUT2D eigenvalue weighted by Crippen LogP contribution is -1.93. The van der Waals surface area contributed by atoms with Crippen LogP contribution >= 0.6 is 0 Å². The molecule has 0 atom stereocenters. The third kappa shape index (κ3) is 3.45. The zero-order valence-electron chi connectivity index (χ0n) is 20.8. The maximum atomic E-state index is 2.31. The topological polar surface area (TPSA) is 0 Å². The van der Waals surface area contributed by atoms with E-state index >= 15 is 0 Å². The van der Waals surface area contributed by atoms with Crippen LogP contribution in [0.3, 0.4) is 0 Å². The van der Waals surface area contributed by atoms with Gasteiger partial charge in [0.05, 0.1) is 0 Å². The van der Waals surface area contributed by atoms with E-state index in [1.165, 1.54) is 71.3 Å². The van der Waals surface area contributed by atoms with Crippen molar-refractivity contribution in [1.29, 1.82) is 0 Å². The highest BCUT2D eigenvalue weighted by Crippen LogP contribution is 2.47. The van der Waals surface area contributed by atoms with Gasteiger partial charge in [-0.2, -0.15) is 0 Å². The summed E-state index contributed by atoms with van der Waals surface area (Å²) in [6.45, 7) is 2.20. The fourth-order valence-electron chi connectivity index (χ4n) is 5.95. The first-order chi connectivity index (χ1) is 18.3. The van der Waals surface area contributed by atoms with Gasteiger partial charge in [0.2, 0.25) is 0 Å². The fraction of sp³-hybridized carbons (Fsp3) is 0.0270. The Balaban J connectivity index is 1.65. The molecule has 0 N–H and O–H groups in total. The predicted octanol–water partition coefficient (Wildman–Crippen LogP) is 10.5. The second-order valence-corrected chi connectivity index (χ2v) is 9.73. The van der Waals surface area contributed by atoms with Crippen LogP contribution in [-0.4, -0.2) is 0 Å². The zero-order valence-corrected chi connectivity index (χ0v) is 20.8. The van der Waals surface area contributed by atoms with Crippen molar-refractivity contribution in [2.24, 2.45) is 0 Å². The summed E-state index contributed by atoms with van der Waals surface area (Å²) in [5.74, 6) is 0. The number of rotatable bonds is 3. The molecule has 0 nitrogen and oxygen atoms in total. The summed E-state index contributed by atoms with van der Waals surface area (Å²) in [6, 6.07) is 50.8. The van der Waals surface area contributed by atoms with Crippen LogP contribution in [-0.2, 0) is 0 Å². The lowest BCUT2D eigenvalue weighted by molar-refractivity contribution is 1.53. The first-order valence-electron chi connectivity index (χ1n) is 12.9. The van der Waals surface area contributed by atoms with Crippen molar-refractivity contribution in [3.8, 4) is 33.4 Å². The molecule has 37 heavy (non-hydrogen) atoms. The molecule has 0 bridgehead atoms. The highest BCUT2D eigenvalue weighted by Gasteiger charge is 2.19. The second kappa shape index (κ2) is 8.76. The molecule has 0 aliphatic rings. The Morgan fingerprint density at radius 1 is 0.297 bits per heavy atom.